The number of nitrogens with one attached hydrogen (secondary N) is 1. The maximum Gasteiger partial charge on any atom is 0.282 e. The predicted molar refractivity (Wildman–Crippen MR) is 102 cm³/mol. The summed E-state index contributed by atoms with van der Waals surface area (Å²) in [7, 11) is 0. The van der Waals surface area contributed by atoms with Gasteiger partial charge in [0, 0.05) is 6.07 Å². The number of rotatable bonds is 6. The zero-order chi connectivity index (χ0) is 20.3. The lowest BCUT2D eigenvalue weighted by Crippen LogP contribution is -2.24. The molecule has 2 aromatic carbocycles. The number of nitrogens with zero attached hydrogens (tertiary/aromatic N) is 2. The van der Waals surface area contributed by atoms with Crippen LogP contribution in [-0.4, -0.2) is 30.4 Å². The van der Waals surface area contributed by atoms with Gasteiger partial charge in [0.15, 0.2) is 18.1 Å². The second-order valence-corrected chi connectivity index (χ2v) is 6.52. The number of ether oxygens (including phenoxy) is 3. The summed E-state index contributed by atoms with van der Waals surface area (Å²) >= 11 is 17.6. The van der Waals surface area contributed by atoms with Crippen molar-refractivity contribution >= 4 is 52.6 Å². The van der Waals surface area contributed by atoms with Crippen molar-refractivity contribution in [2.75, 3.05) is 13.4 Å². The van der Waals surface area contributed by atoms with Gasteiger partial charge in [0.05, 0.1) is 37.8 Å². The third-order valence-electron chi connectivity index (χ3n) is 3.45. The number of amides is 1. The molecule has 0 aliphatic carbocycles. The maximum atomic E-state index is 11.8. The van der Waals surface area contributed by atoms with Crippen LogP contribution in [0.5, 0.6) is 17.2 Å². The van der Waals surface area contributed by atoms with Crippen LogP contribution in [-0.2, 0) is 4.79 Å². The van der Waals surface area contributed by atoms with E-state index in [9.17, 15) is 14.9 Å². The molecule has 1 aliphatic heterocycles. The number of halogens is 3. The van der Waals surface area contributed by atoms with Crippen molar-refractivity contribution in [3.8, 4) is 17.2 Å². The number of carbonyl (C=O) groups is 1. The minimum absolute atomic E-state index is 0.0293. The standard InChI is InChI=1S/C16H10Cl3N3O6/c17-9-2-11(19)13(3-10(9)18)26-6-16(23)21-20-5-8-1-14-15(28-7-27-14)4-12(8)22(24)25/h1-5H,6-7H2,(H,21,23)/b20-5-. The van der Waals surface area contributed by atoms with Gasteiger partial charge in [0.25, 0.3) is 11.6 Å². The van der Waals surface area contributed by atoms with E-state index in [1.807, 2.05) is 0 Å². The highest BCUT2D eigenvalue weighted by Crippen LogP contribution is 2.37. The lowest BCUT2D eigenvalue weighted by Gasteiger charge is -2.08. The highest BCUT2D eigenvalue weighted by atomic mass is 35.5. The molecule has 0 aromatic heterocycles. The van der Waals surface area contributed by atoms with Gasteiger partial charge in [-0.2, -0.15) is 5.10 Å². The third kappa shape index (κ3) is 4.56. The Morgan fingerprint density at radius 3 is 2.57 bits per heavy atom. The molecule has 1 amide bonds. The molecule has 0 saturated carbocycles. The van der Waals surface area contributed by atoms with Gasteiger partial charge < -0.3 is 14.2 Å². The molecule has 0 unspecified atom stereocenters. The van der Waals surface area contributed by atoms with E-state index in [4.69, 9.17) is 49.0 Å². The maximum absolute atomic E-state index is 11.8. The monoisotopic (exact) mass is 445 g/mol. The molecule has 0 fully saturated rings. The number of nitro groups is 1. The Morgan fingerprint density at radius 2 is 1.86 bits per heavy atom. The van der Waals surface area contributed by atoms with Crippen LogP contribution < -0.4 is 19.6 Å². The van der Waals surface area contributed by atoms with Gasteiger partial charge in [-0.3, -0.25) is 14.9 Å². The first-order valence-electron chi connectivity index (χ1n) is 7.52. The Hall–Kier alpha value is -2.75. The molecule has 2 aromatic rings. The first-order valence-corrected chi connectivity index (χ1v) is 8.66. The average Bonchev–Trinajstić information content (AvgIpc) is 3.10. The Balaban J connectivity index is 1.63. The normalized spacial score (nSPS) is 12.2. The van der Waals surface area contributed by atoms with E-state index in [0.717, 1.165) is 6.21 Å². The van der Waals surface area contributed by atoms with E-state index in [1.54, 1.807) is 0 Å². The number of benzene rings is 2. The summed E-state index contributed by atoms with van der Waals surface area (Å²) in [5.74, 6) is 0.152. The second kappa shape index (κ2) is 8.51. The summed E-state index contributed by atoms with van der Waals surface area (Å²) in [4.78, 5) is 22.4. The number of fused-ring (bicyclic) bond motifs is 1. The Labute approximate surface area is 172 Å². The molecule has 1 heterocycles. The largest absolute Gasteiger partial charge is 0.482 e. The average molecular weight is 447 g/mol. The lowest BCUT2D eigenvalue weighted by molar-refractivity contribution is -0.385. The molecule has 3 rings (SSSR count). The van der Waals surface area contributed by atoms with Crippen molar-refractivity contribution < 1.29 is 23.9 Å². The van der Waals surface area contributed by atoms with Gasteiger partial charge in [-0.1, -0.05) is 34.8 Å². The van der Waals surface area contributed by atoms with Gasteiger partial charge >= 0.3 is 0 Å². The number of nitro benzene ring substituents is 1. The van der Waals surface area contributed by atoms with E-state index < -0.39 is 17.4 Å². The molecule has 0 radical (unpaired) electrons. The van der Waals surface area contributed by atoms with E-state index in [2.05, 4.69) is 10.5 Å². The van der Waals surface area contributed by atoms with Crippen LogP contribution in [0, 0.1) is 10.1 Å². The van der Waals surface area contributed by atoms with E-state index in [1.165, 1.54) is 24.3 Å². The summed E-state index contributed by atoms with van der Waals surface area (Å²) < 4.78 is 15.5. The Morgan fingerprint density at radius 1 is 1.18 bits per heavy atom. The number of hydrogen-bond acceptors (Lipinski definition) is 7. The van der Waals surface area contributed by atoms with Crippen molar-refractivity contribution in [2.45, 2.75) is 0 Å². The van der Waals surface area contributed by atoms with Crippen LogP contribution in [0.1, 0.15) is 5.56 Å². The quantitative estimate of drug-likeness (QED) is 0.312. The summed E-state index contributed by atoms with van der Waals surface area (Å²) in [6.07, 6.45) is 1.12. The summed E-state index contributed by atoms with van der Waals surface area (Å²) in [5, 5.41) is 15.5. The first-order chi connectivity index (χ1) is 13.3. The summed E-state index contributed by atoms with van der Waals surface area (Å²) in [6.45, 7) is -0.448. The zero-order valence-electron chi connectivity index (χ0n) is 13.8. The molecule has 1 aliphatic rings. The smallest absolute Gasteiger partial charge is 0.282 e. The Bertz CT molecular complexity index is 983. The number of hydrogen-bond donors (Lipinski definition) is 1. The molecule has 0 spiro atoms. The Kier molecular flexibility index (Phi) is 6.08. The minimum atomic E-state index is -0.623. The van der Waals surface area contributed by atoms with E-state index in [0.29, 0.717) is 5.75 Å². The summed E-state index contributed by atoms with van der Waals surface area (Å²) in [5.41, 5.74) is 2.07. The van der Waals surface area contributed by atoms with Crippen LogP contribution in [0.3, 0.4) is 0 Å². The second-order valence-electron chi connectivity index (χ2n) is 5.30. The van der Waals surface area contributed by atoms with Gasteiger partial charge in [0.1, 0.15) is 5.75 Å². The predicted octanol–water partition coefficient (Wildman–Crippen LogP) is 3.81. The fourth-order valence-corrected chi connectivity index (χ4v) is 2.76. The summed E-state index contributed by atoms with van der Waals surface area (Å²) in [6, 6.07) is 5.37. The molecular formula is C16H10Cl3N3O6. The van der Waals surface area contributed by atoms with Gasteiger partial charge in [-0.05, 0) is 12.1 Å². The van der Waals surface area contributed by atoms with Crippen molar-refractivity contribution in [3.63, 3.8) is 0 Å². The lowest BCUT2D eigenvalue weighted by atomic mass is 10.1. The van der Waals surface area contributed by atoms with Crippen molar-refractivity contribution in [3.05, 3.63) is 55.0 Å². The van der Waals surface area contributed by atoms with Gasteiger partial charge in [-0.25, -0.2) is 5.43 Å². The van der Waals surface area contributed by atoms with Crippen molar-refractivity contribution in [1.29, 1.82) is 0 Å². The third-order valence-corrected chi connectivity index (χ3v) is 4.46. The molecule has 28 heavy (non-hydrogen) atoms. The number of carbonyl (C=O) groups excluding carboxylic acids is 1. The van der Waals surface area contributed by atoms with Crippen LogP contribution in [0.4, 0.5) is 5.69 Å². The first kappa shape index (κ1) is 20.0. The van der Waals surface area contributed by atoms with Crippen molar-refractivity contribution in [2.24, 2.45) is 5.10 Å². The van der Waals surface area contributed by atoms with Crippen LogP contribution in [0.25, 0.3) is 0 Å². The minimum Gasteiger partial charge on any atom is -0.482 e. The van der Waals surface area contributed by atoms with Crippen LogP contribution in [0.15, 0.2) is 29.4 Å². The van der Waals surface area contributed by atoms with Crippen molar-refractivity contribution in [1.82, 2.24) is 5.43 Å². The SMILES string of the molecule is O=C(COc1cc(Cl)c(Cl)cc1Cl)N/N=C\c1cc2c(cc1[N+](=O)[O-])OCO2. The van der Waals surface area contributed by atoms with Crippen LogP contribution in [0.2, 0.25) is 15.1 Å². The zero-order valence-corrected chi connectivity index (χ0v) is 16.0. The molecule has 0 saturated heterocycles. The van der Waals surface area contributed by atoms with E-state index >= 15 is 0 Å². The number of hydrazone groups is 1. The fourth-order valence-electron chi connectivity index (χ4n) is 2.17. The van der Waals surface area contributed by atoms with Gasteiger partial charge in [0.2, 0.25) is 6.79 Å². The van der Waals surface area contributed by atoms with Gasteiger partial charge in [-0.15, -0.1) is 0 Å². The molecule has 1 N–H and O–H groups in total. The molecule has 9 nitrogen and oxygen atoms in total. The molecular weight excluding hydrogens is 437 g/mol. The molecule has 146 valence electrons. The molecule has 0 atom stereocenters. The van der Waals surface area contributed by atoms with Crippen LogP contribution >= 0.6 is 34.8 Å². The van der Waals surface area contributed by atoms with E-state index in [-0.39, 0.29) is 44.6 Å². The molecule has 0 bridgehead atoms. The topological polar surface area (TPSA) is 112 Å². The molecule has 12 heteroatoms. The highest BCUT2D eigenvalue weighted by Gasteiger charge is 2.22. The highest BCUT2D eigenvalue weighted by molar-refractivity contribution is 6.43. The fraction of sp³-hybridized carbons (Fsp3) is 0.125.